The SMILES string of the molecule is CCCOc1ccc(Oc2ccc3cc(C(C)NC(C)=O)ccc3c2)c(C)c1. The molecule has 0 bridgehead atoms. The van der Waals surface area contributed by atoms with E-state index < -0.39 is 0 Å². The molecule has 0 saturated carbocycles. The van der Waals surface area contributed by atoms with Gasteiger partial charge in [-0.1, -0.05) is 25.1 Å². The highest BCUT2D eigenvalue weighted by molar-refractivity contribution is 5.85. The number of hydrogen-bond donors (Lipinski definition) is 1. The maximum absolute atomic E-state index is 11.3. The fourth-order valence-electron chi connectivity index (χ4n) is 3.14. The molecule has 0 heterocycles. The molecule has 3 aromatic carbocycles. The van der Waals surface area contributed by atoms with Gasteiger partial charge in [0.05, 0.1) is 12.6 Å². The summed E-state index contributed by atoms with van der Waals surface area (Å²) in [6, 6.07) is 18.1. The molecule has 0 spiro atoms. The number of hydrogen-bond acceptors (Lipinski definition) is 3. The van der Waals surface area contributed by atoms with Gasteiger partial charge in [-0.2, -0.15) is 0 Å². The van der Waals surface area contributed by atoms with Crippen LogP contribution in [0.5, 0.6) is 17.2 Å². The van der Waals surface area contributed by atoms with Crippen molar-refractivity contribution in [1.29, 1.82) is 0 Å². The maximum Gasteiger partial charge on any atom is 0.217 e. The van der Waals surface area contributed by atoms with E-state index in [0.29, 0.717) is 6.61 Å². The van der Waals surface area contributed by atoms with Crippen LogP contribution in [0.3, 0.4) is 0 Å². The second kappa shape index (κ2) is 8.79. The number of nitrogens with one attached hydrogen (secondary N) is 1. The molecule has 0 radical (unpaired) electrons. The fraction of sp³-hybridized carbons (Fsp3) is 0.292. The molecule has 146 valence electrons. The van der Waals surface area contributed by atoms with Crippen LogP contribution in [-0.2, 0) is 4.79 Å². The number of rotatable bonds is 7. The summed E-state index contributed by atoms with van der Waals surface area (Å²) >= 11 is 0. The molecule has 0 aliphatic rings. The standard InChI is InChI=1S/C24H27NO3/c1-5-12-27-22-10-11-24(16(2)13-22)28-23-9-8-20-14-19(6-7-21(20)15-23)17(3)25-18(4)26/h6-11,13-15,17H,5,12H2,1-4H3,(H,25,26). The molecule has 0 aliphatic heterocycles. The minimum Gasteiger partial charge on any atom is -0.494 e. The second-order valence-corrected chi connectivity index (χ2v) is 7.07. The van der Waals surface area contributed by atoms with Crippen molar-refractivity contribution in [3.05, 3.63) is 65.7 Å². The highest BCUT2D eigenvalue weighted by Gasteiger charge is 2.09. The Bertz CT molecular complexity index is 981. The van der Waals surface area contributed by atoms with Gasteiger partial charge in [-0.3, -0.25) is 4.79 Å². The predicted molar refractivity (Wildman–Crippen MR) is 113 cm³/mol. The van der Waals surface area contributed by atoms with E-state index in [1.807, 2.05) is 56.3 Å². The van der Waals surface area contributed by atoms with E-state index in [-0.39, 0.29) is 11.9 Å². The minimum atomic E-state index is -0.0298. The topological polar surface area (TPSA) is 47.6 Å². The van der Waals surface area contributed by atoms with Crippen LogP contribution in [0.15, 0.2) is 54.6 Å². The zero-order valence-electron chi connectivity index (χ0n) is 16.9. The summed E-state index contributed by atoms with van der Waals surface area (Å²) in [4.78, 5) is 11.3. The number of aryl methyl sites for hydroxylation is 1. The average Bonchev–Trinajstić information content (AvgIpc) is 2.67. The Balaban J connectivity index is 1.78. The Hall–Kier alpha value is -3.01. The van der Waals surface area contributed by atoms with Gasteiger partial charge in [0.15, 0.2) is 0 Å². The summed E-state index contributed by atoms with van der Waals surface area (Å²) in [5.74, 6) is 2.45. The Labute approximate surface area is 166 Å². The lowest BCUT2D eigenvalue weighted by atomic mass is 10.0. The summed E-state index contributed by atoms with van der Waals surface area (Å²) in [6.07, 6.45) is 0.986. The third-order valence-electron chi connectivity index (χ3n) is 4.60. The molecule has 1 unspecified atom stereocenters. The van der Waals surface area contributed by atoms with Crippen molar-refractivity contribution in [2.24, 2.45) is 0 Å². The Morgan fingerprint density at radius 1 is 1.00 bits per heavy atom. The monoisotopic (exact) mass is 377 g/mol. The van der Waals surface area contributed by atoms with Gasteiger partial charge < -0.3 is 14.8 Å². The number of carbonyl (C=O) groups excluding carboxylic acids is 1. The van der Waals surface area contributed by atoms with Crippen LogP contribution in [0, 0.1) is 6.92 Å². The zero-order chi connectivity index (χ0) is 20.1. The van der Waals surface area contributed by atoms with E-state index in [1.54, 1.807) is 0 Å². The number of amides is 1. The summed E-state index contributed by atoms with van der Waals surface area (Å²) in [7, 11) is 0. The van der Waals surface area contributed by atoms with Crippen LogP contribution in [-0.4, -0.2) is 12.5 Å². The van der Waals surface area contributed by atoms with Crippen molar-refractivity contribution in [3.8, 4) is 17.2 Å². The lowest BCUT2D eigenvalue weighted by Gasteiger charge is -2.14. The summed E-state index contributed by atoms with van der Waals surface area (Å²) in [5, 5.41) is 5.12. The van der Waals surface area contributed by atoms with Crippen molar-refractivity contribution >= 4 is 16.7 Å². The molecule has 1 N–H and O–H groups in total. The van der Waals surface area contributed by atoms with E-state index in [0.717, 1.165) is 45.6 Å². The normalized spacial score (nSPS) is 11.9. The van der Waals surface area contributed by atoms with Gasteiger partial charge in [0.2, 0.25) is 5.91 Å². The van der Waals surface area contributed by atoms with Crippen LogP contribution in [0.25, 0.3) is 10.8 Å². The minimum absolute atomic E-state index is 0.0195. The first kappa shape index (κ1) is 19.7. The van der Waals surface area contributed by atoms with Gasteiger partial charge in [0, 0.05) is 6.92 Å². The van der Waals surface area contributed by atoms with Gasteiger partial charge in [-0.05, 0) is 78.6 Å². The number of ether oxygens (including phenoxy) is 2. The first-order valence-electron chi connectivity index (χ1n) is 9.68. The zero-order valence-corrected chi connectivity index (χ0v) is 16.9. The predicted octanol–water partition coefficient (Wildman–Crippen LogP) is 5.93. The van der Waals surface area contributed by atoms with Crippen molar-refractivity contribution in [2.45, 2.75) is 40.2 Å². The lowest BCUT2D eigenvalue weighted by Crippen LogP contribution is -2.23. The molecule has 0 saturated heterocycles. The number of benzene rings is 3. The molecule has 3 aromatic rings. The quantitative estimate of drug-likeness (QED) is 0.555. The molecule has 3 rings (SSSR count). The highest BCUT2D eigenvalue weighted by Crippen LogP contribution is 2.31. The summed E-state index contributed by atoms with van der Waals surface area (Å²) in [6.45, 7) is 8.34. The van der Waals surface area contributed by atoms with Gasteiger partial charge in [-0.25, -0.2) is 0 Å². The van der Waals surface area contributed by atoms with Crippen LogP contribution >= 0.6 is 0 Å². The van der Waals surface area contributed by atoms with Gasteiger partial charge in [0.1, 0.15) is 17.2 Å². The molecule has 1 atom stereocenters. The molecular weight excluding hydrogens is 350 g/mol. The summed E-state index contributed by atoms with van der Waals surface area (Å²) in [5.41, 5.74) is 2.11. The molecular formula is C24H27NO3. The van der Waals surface area contributed by atoms with Crippen LogP contribution in [0.1, 0.15) is 44.4 Å². The van der Waals surface area contributed by atoms with Crippen molar-refractivity contribution in [3.63, 3.8) is 0 Å². The van der Waals surface area contributed by atoms with Crippen LogP contribution in [0.2, 0.25) is 0 Å². The van der Waals surface area contributed by atoms with E-state index in [1.165, 1.54) is 6.92 Å². The molecule has 0 fully saturated rings. The Morgan fingerprint density at radius 3 is 2.43 bits per heavy atom. The highest BCUT2D eigenvalue weighted by atomic mass is 16.5. The van der Waals surface area contributed by atoms with Crippen LogP contribution in [0.4, 0.5) is 0 Å². The Kier molecular flexibility index (Phi) is 6.19. The molecule has 4 heteroatoms. The van der Waals surface area contributed by atoms with Crippen molar-refractivity contribution in [2.75, 3.05) is 6.61 Å². The number of fused-ring (bicyclic) bond motifs is 1. The van der Waals surface area contributed by atoms with E-state index >= 15 is 0 Å². The lowest BCUT2D eigenvalue weighted by molar-refractivity contribution is -0.119. The molecule has 0 aliphatic carbocycles. The third kappa shape index (κ3) is 4.83. The molecule has 4 nitrogen and oxygen atoms in total. The maximum atomic E-state index is 11.3. The van der Waals surface area contributed by atoms with E-state index in [9.17, 15) is 4.79 Å². The second-order valence-electron chi connectivity index (χ2n) is 7.07. The first-order valence-corrected chi connectivity index (χ1v) is 9.68. The summed E-state index contributed by atoms with van der Waals surface area (Å²) < 4.78 is 11.8. The van der Waals surface area contributed by atoms with Crippen LogP contribution < -0.4 is 14.8 Å². The average molecular weight is 377 g/mol. The van der Waals surface area contributed by atoms with Crippen molar-refractivity contribution < 1.29 is 14.3 Å². The Morgan fingerprint density at radius 2 is 1.71 bits per heavy atom. The van der Waals surface area contributed by atoms with Crippen molar-refractivity contribution in [1.82, 2.24) is 5.32 Å². The third-order valence-corrected chi connectivity index (χ3v) is 4.60. The van der Waals surface area contributed by atoms with Gasteiger partial charge >= 0.3 is 0 Å². The van der Waals surface area contributed by atoms with Gasteiger partial charge in [-0.15, -0.1) is 0 Å². The molecule has 0 aromatic heterocycles. The molecule has 1 amide bonds. The molecule has 28 heavy (non-hydrogen) atoms. The number of carbonyl (C=O) groups is 1. The van der Waals surface area contributed by atoms with Gasteiger partial charge in [0.25, 0.3) is 0 Å². The first-order chi connectivity index (χ1) is 13.5. The fourth-order valence-corrected chi connectivity index (χ4v) is 3.14. The van der Waals surface area contributed by atoms with E-state index in [4.69, 9.17) is 9.47 Å². The largest absolute Gasteiger partial charge is 0.494 e. The smallest absolute Gasteiger partial charge is 0.217 e. The van der Waals surface area contributed by atoms with E-state index in [2.05, 4.69) is 24.4 Å².